The Bertz CT molecular complexity index is 624. The van der Waals surface area contributed by atoms with E-state index in [-0.39, 0.29) is 0 Å². The zero-order valence-electron chi connectivity index (χ0n) is 9.96. The van der Waals surface area contributed by atoms with Crippen LogP contribution in [0.1, 0.15) is 5.56 Å². The lowest BCUT2D eigenvalue weighted by molar-refractivity contribution is -0.115. The maximum atomic E-state index is 11.6. The van der Waals surface area contributed by atoms with E-state index < -0.39 is 9.70 Å². The summed E-state index contributed by atoms with van der Waals surface area (Å²) in [5, 5.41) is 10.2. The van der Waals surface area contributed by atoms with Crippen molar-refractivity contribution < 1.29 is 4.79 Å². The lowest BCUT2D eigenvalue weighted by Gasteiger charge is -2.12. The number of H-pyrrole nitrogens is 1. The van der Waals surface area contributed by atoms with Gasteiger partial charge in [0.2, 0.25) is 0 Å². The van der Waals surface area contributed by atoms with Crippen LogP contribution in [0.2, 0.25) is 0 Å². The summed E-state index contributed by atoms with van der Waals surface area (Å²) in [5.74, 6) is -0.706. The van der Waals surface area contributed by atoms with Gasteiger partial charge in [0, 0.05) is 28.3 Å². The minimum Gasteiger partial charge on any atom is -0.322 e. The quantitative estimate of drug-likeness (QED) is 0.760. The molecule has 0 aliphatic carbocycles. The molecule has 0 radical (unpaired) electrons. The fourth-order valence-corrected chi connectivity index (χ4v) is 2.18. The number of amides is 1. The molecule has 1 aromatic heterocycles. The first-order chi connectivity index (χ1) is 9.41. The molecule has 0 fully saturated rings. The first kappa shape index (κ1) is 15.6. The number of rotatable bonds is 3. The summed E-state index contributed by atoms with van der Waals surface area (Å²) in [6, 6.07) is 7.14. The van der Waals surface area contributed by atoms with Gasteiger partial charge < -0.3 is 5.32 Å². The third-order valence-corrected chi connectivity index (χ3v) is 3.63. The molecule has 106 valence electrons. The van der Waals surface area contributed by atoms with E-state index in [1.807, 2.05) is 6.07 Å². The van der Waals surface area contributed by atoms with E-state index in [1.165, 1.54) is 0 Å². The average molecular weight is 397 g/mol. The number of halogens is 4. The van der Waals surface area contributed by atoms with Gasteiger partial charge in [0.05, 0.1) is 5.69 Å². The first-order valence-electron chi connectivity index (χ1n) is 5.49. The van der Waals surface area contributed by atoms with E-state index in [0.717, 1.165) is 16.8 Å². The van der Waals surface area contributed by atoms with Gasteiger partial charge in [-0.25, -0.2) is 0 Å². The molecule has 20 heavy (non-hydrogen) atoms. The van der Waals surface area contributed by atoms with Crippen LogP contribution in [0.15, 0.2) is 30.5 Å². The zero-order chi connectivity index (χ0) is 14.8. The molecule has 0 aliphatic rings. The molecule has 0 bridgehead atoms. The summed E-state index contributed by atoms with van der Waals surface area (Å²) in [7, 11) is 0. The summed E-state index contributed by atoms with van der Waals surface area (Å²) in [6.07, 6.45) is 1.80. The van der Waals surface area contributed by atoms with E-state index in [1.54, 1.807) is 24.4 Å². The van der Waals surface area contributed by atoms with Crippen LogP contribution in [0.4, 0.5) is 5.69 Å². The van der Waals surface area contributed by atoms with Gasteiger partial charge in [-0.2, -0.15) is 5.10 Å². The lowest BCUT2D eigenvalue weighted by Crippen LogP contribution is -2.26. The van der Waals surface area contributed by atoms with Gasteiger partial charge >= 0.3 is 0 Å². The number of hydrogen-bond donors (Lipinski definition) is 2. The molecule has 2 rings (SSSR count). The number of aromatic amines is 1. The molecule has 1 heterocycles. The number of benzene rings is 1. The van der Waals surface area contributed by atoms with Crippen molar-refractivity contribution in [2.45, 2.75) is 9.12 Å². The second-order valence-electron chi connectivity index (χ2n) is 3.93. The van der Waals surface area contributed by atoms with E-state index in [9.17, 15) is 4.79 Å². The Morgan fingerprint density at radius 1 is 1.40 bits per heavy atom. The van der Waals surface area contributed by atoms with Gasteiger partial charge in [-0.15, -0.1) is 0 Å². The van der Waals surface area contributed by atoms with Crippen molar-refractivity contribution in [2.75, 3.05) is 5.32 Å². The van der Waals surface area contributed by atoms with Crippen LogP contribution in [0, 0.1) is 0 Å². The summed E-state index contributed by atoms with van der Waals surface area (Å²) < 4.78 is -2.00. The molecule has 2 aromatic rings. The topological polar surface area (TPSA) is 57.8 Å². The molecule has 0 aliphatic heterocycles. The lowest BCUT2D eigenvalue weighted by atomic mass is 10.1. The van der Waals surface area contributed by atoms with Crippen LogP contribution >= 0.6 is 50.7 Å². The molecule has 1 aromatic carbocycles. The van der Waals surface area contributed by atoms with Gasteiger partial charge in [0.15, 0.2) is 0 Å². The van der Waals surface area contributed by atoms with Crippen LogP contribution in [0.25, 0.3) is 11.3 Å². The number of alkyl halides is 4. The standard InChI is InChI=1S/C12H9BrCl3N3O/c13-5-8-6-17-19-10(8)7-2-1-3-9(4-7)18-11(20)12(14,15)16/h1-4,6H,5H2,(H,17,19)(H,18,20). The molecule has 0 spiro atoms. The minimum atomic E-state index is -2.00. The summed E-state index contributed by atoms with van der Waals surface area (Å²) in [6.45, 7) is 0. The molecule has 1 amide bonds. The van der Waals surface area contributed by atoms with Crippen LogP contribution in [-0.4, -0.2) is 19.9 Å². The van der Waals surface area contributed by atoms with Crippen molar-refractivity contribution in [3.8, 4) is 11.3 Å². The third kappa shape index (κ3) is 3.67. The van der Waals surface area contributed by atoms with Gasteiger partial charge in [0.25, 0.3) is 9.70 Å². The molecule has 0 atom stereocenters. The van der Waals surface area contributed by atoms with Gasteiger partial charge in [-0.1, -0.05) is 62.9 Å². The monoisotopic (exact) mass is 395 g/mol. The van der Waals surface area contributed by atoms with Gasteiger partial charge in [0.1, 0.15) is 0 Å². The van der Waals surface area contributed by atoms with Crippen LogP contribution in [0.3, 0.4) is 0 Å². The zero-order valence-corrected chi connectivity index (χ0v) is 13.8. The Hall–Kier alpha value is -0.750. The van der Waals surface area contributed by atoms with E-state index in [4.69, 9.17) is 34.8 Å². The second kappa shape index (κ2) is 6.35. The number of carbonyl (C=O) groups excluding carboxylic acids is 1. The van der Waals surface area contributed by atoms with E-state index >= 15 is 0 Å². The smallest absolute Gasteiger partial charge is 0.276 e. The third-order valence-electron chi connectivity index (χ3n) is 2.51. The number of nitrogens with zero attached hydrogens (tertiary/aromatic N) is 1. The Kier molecular flexibility index (Phi) is 4.96. The Labute approximate surface area is 138 Å². The Balaban J connectivity index is 2.27. The highest BCUT2D eigenvalue weighted by molar-refractivity contribution is 9.08. The number of aromatic nitrogens is 2. The SMILES string of the molecule is O=C(Nc1cccc(-c2n[nH]cc2CBr)c1)C(Cl)(Cl)Cl. The highest BCUT2D eigenvalue weighted by atomic mass is 79.9. The average Bonchev–Trinajstić information content (AvgIpc) is 2.86. The van der Waals surface area contributed by atoms with Crippen molar-refractivity contribution in [1.82, 2.24) is 10.2 Å². The predicted octanol–water partition coefficient (Wildman–Crippen LogP) is 4.28. The molecular formula is C12H9BrCl3N3O. The predicted molar refractivity (Wildman–Crippen MR) is 85.6 cm³/mol. The first-order valence-corrected chi connectivity index (χ1v) is 7.74. The van der Waals surface area contributed by atoms with Crippen LogP contribution in [-0.2, 0) is 10.1 Å². The Morgan fingerprint density at radius 2 is 2.15 bits per heavy atom. The molecular weight excluding hydrogens is 388 g/mol. The van der Waals surface area contributed by atoms with Crippen LogP contribution < -0.4 is 5.32 Å². The van der Waals surface area contributed by atoms with Crippen molar-refractivity contribution in [3.05, 3.63) is 36.0 Å². The fourth-order valence-electron chi connectivity index (χ4n) is 1.61. The molecule has 2 N–H and O–H groups in total. The van der Waals surface area contributed by atoms with Gasteiger partial charge in [-0.3, -0.25) is 9.89 Å². The van der Waals surface area contributed by atoms with Crippen molar-refractivity contribution >= 4 is 62.3 Å². The number of carbonyl (C=O) groups is 1. The molecule has 8 heteroatoms. The maximum absolute atomic E-state index is 11.6. The number of hydrogen-bond acceptors (Lipinski definition) is 2. The van der Waals surface area contributed by atoms with E-state index in [2.05, 4.69) is 31.4 Å². The van der Waals surface area contributed by atoms with E-state index in [0.29, 0.717) is 11.0 Å². The molecule has 0 saturated heterocycles. The molecule has 0 saturated carbocycles. The largest absolute Gasteiger partial charge is 0.322 e. The minimum absolute atomic E-state index is 0.530. The molecule has 4 nitrogen and oxygen atoms in total. The molecule has 0 unspecified atom stereocenters. The number of nitrogens with one attached hydrogen (secondary N) is 2. The van der Waals surface area contributed by atoms with Crippen molar-refractivity contribution in [2.24, 2.45) is 0 Å². The summed E-state index contributed by atoms with van der Waals surface area (Å²) in [5.41, 5.74) is 3.19. The van der Waals surface area contributed by atoms with Crippen molar-refractivity contribution in [3.63, 3.8) is 0 Å². The second-order valence-corrected chi connectivity index (χ2v) is 6.77. The Morgan fingerprint density at radius 3 is 2.80 bits per heavy atom. The number of anilines is 1. The van der Waals surface area contributed by atoms with Crippen LogP contribution in [0.5, 0.6) is 0 Å². The summed E-state index contributed by atoms with van der Waals surface area (Å²) in [4.78, 5) is 11.6. The highest BCUT2D eigenvalue weighted by Crippen LogP contribution is 2.29. The van der Waals surface area contributed by atoms with Crippen molar-refractivity contribution in [1.29, 1.82) is 0 Å². The summed E-state index contributed by atoms with van der Waals surface area (Å²) >= 11 is 19.9. The van der Waals surface area contributed by atoms with Gasteiger partial charge in [-0.05, 0) is 12.1 Å². The maximum Gasteiger partial charge on any atom is 0.276 e. The fraction of sp³-hybridized carbons (Fsp3) is 0.167. The highest BCUT2D eigenvalue weighted by Gasteiger charge is 2.30. The normalized spacial score (nSPS) is 11.4.